The number of hydrogen-bond acceptors (Lipinski definition) is 1. The highest BCUT2D eigenvalue weighted by Gasteiger charge is 2.02. The number of likely N-dealkylation sites (N-methyl/N-ethyl adjacent to an activating group) is 1. The summed E-state index contributed by atoms with van der Waals surface area (Å²) < 4.78 is 0. The van der Waals surface area contributed by atoms with Gasteiger partial charge < -0.3 is 4.90 Å². The predicted molar refractivity (Wildman–Crippen MR) is 72.6 cm³/mol. The van der Waals surface area contributed by atoms with Crippen LogP contribution in [0, 0.1) is 0 Å². The number of benzene rings is 1. The molecule has 0 aliphatic rings. The third kappa shape index (κ3) is 3.43. The Hall–Kier alpha value is -1.76. The van der Waals surface area contributed by atoms with Gasteiger partial charge >= 0.3 is 0 Å². The Morgan fingerprint density at radius 3 is 2.56 bits per heavy atom. The molecule has 0 amide bonds. The van der Waals surface area contributed by atoms with Crippen molar-refractivity contribution in [3.8, 4) is 0 Å². The summed E-state index contributed by atoms with van der Waals surface area (Å²) in [7, 11) is 2.07. The minimum atomic E-state index is 1.02. The summed E-state index contributed by atoms with van der Waals surface area (Å²) in [4.78, 5) is 2.17. The number of anilines is 1. The number of nitrogens with zero attached hydrogens (tertiary/aromatic N) is 1. The molecule has 0 aliphatic heterocycles. The minimum Gasteiger partial charge on any atom is -0.345 e. The molecule has 1 aromatic carbocycles. The van der Waals surface area contributed by atoms with Crippen molar-refractivity contribution in [1.82, 2.24) is 0 Å². The first-order valence-electron chi connectivity index (χ1n) is 5.57. The number of rotatable bonds is 5. The summed E-state index contributed by atoms with van der Waals surface area (Å²) in [5.74, 6) is 0. The largest absolute Gasteiger partial charge is 0.345 e. The van der Waals surface area contributed by atoms with Crippen LogP contribution < -0.4 is 4.90 Å². The van der Waals surface area contributed by atoms with Gasteiger partial charge in [0.1, 0.15) is 0 Å². The van der Waals surface area contributed by atoms with Gasteiger partial charge in [-0.15, -0.1) is 0 Å². The number of para-hydroxylation sites is 1. The molecule has 84 valence electrons. The van der Waals surface area contributed by atoms with Crippen molar-refractivity contribution in [3.63, 3.8) is 0 Å². The third-order valence-electron chi connectivity index (χ3n) is 2.35. The van der Waals surface area contributed by atoms with Gasteiger partial charge in [0.05, 0.1) is 0 Å². The van der Waals surface area contributed by atoms with E-state index in [1.807, 2.05) is 24.3 Å². The number of allylic oxidation sites excluding steroid dienone is 4. The Morgan fingerprint density at radius 1 is 1.31 bits per heavy atom. The van der Waals surface area contributed by atoms with Crippen molar-refractivity contribution in [2.45, 2.75) is 13.3 Å². The second kappa shape index (κ2) is 6.67. The summed E-state index contributed by atoms with van der Waals surface area (Å²) in [5.41, 5.74) is 2.38. The van der Waals surface area contributed by atoms with E-state index in [0.29, 0.717) is 0 Å². The first-order chi connectivity index (χ1) is 7.79. The van der Waals surface area contributed by atoms with Crippen LogP contribution in [0.1, 0.15) is 13.3 Å². The zero-order valence-electron chi connectivity index (χ0n) is 10.1. The maximum Gasteiger partial charge on any atom is 0.0407 e. The maximum atomic E-state index is 3.69. The normalized spacial score (nSPS) is 11.8. The molecule has 0 atom stereocenters. The van der Waals surface area contributed by atoms with Gasteiger partial charge in [0.15, 0.2) is 0 Å². The van der Waals surface area contributed by atoms with Gasteiger partial charge in [0, 0.05) is 18.4 Å². The quantitative estimate of drug-likeness (QED) is 0.664. The van der Waals surface area contributed by atoms with E-state index in [9.17, 15) is 0 Å². The van der Waals surface area contributed by atoms with Crippen molar-refractivity contribution >= 4 is 5.69 Å². The van der Waals surface area contributed by atoms with Gasteiger partial charge in [-0.25, -0.2) is 0 Å². The van der Waals surface area contributed by atoms with E-state index < -0.39 is 0 Å². The van der Waals surface area contributed by atoms with Crippen molar-refractivity contribution in [2.24, 2.45) is 0 Å². The Morgan fingerprint density at radius 2 is 2.00 bits per heavy atom. The molecule has 0 aromatic heterocycles. The molecule has 0 N–H and O–H groups in total. The Balaban J connectivity index is 2.92. The highest BCUT2D eigenvalue weighted by molar-refractivity contribution is 5.53. The first-order valence-corrected chi connectivity index (χ1v) is 5.57. The van der Waals surface area contributed by atoms with Gasteiger partial charge in [-0.1, -0.05) is 49.9 Å². The van der Waals surface area contributed by atoms with E-state index >= 15 is 0 Å². The second-order valence-corrected chi connectivity index (χ2v) is 3.53. The molecule has 1 heteroatoms. The van der Waals surface area contributed by atoms with Crippen LogP contribution in [-0.4, -0.2) is 7.05 Å². The molecule has 0 heterocycles. The lowest BCUT2D eigenvalue weighted by atomic mass is 10.2. The fourth-order valence-electron chi connectivity index (χ4n) is 1.49. The Kier molecular flexibility index (Phi) is 5.13. The lowest BCUT2D eigenvalue weighted by molar-refractivity contribution is 1.09. The molecule has 0 saturated heterocycles. The third-order valence-corrected chi connectivity index (χ3v) is 2.35. The highest BCUT2D eigenvalue weighted by Crippen LogP contribution is 2.17. The van der Waals surface area contributed by atoms with Crippen molar-refractivity contribution in [1.29, 1.82) is 0 Å². The maximum absolute atomic E-state index is 3.69. The Bertz CT molecular complexity index is 374. The van der Waals surface area contributed by atoms with E-state index in [1.54, 1.807) is 6.08 Å². The SMILES string of the molecule is C=C/C=C\C(=C/CC)N(C)c1ccccc1. The molecule has 0 unspecified atom stereocenters. The van der Waals surface area contributed by atoms with Crippen LogP contribution in [-0.2, 0) is 0 Å². The lowest BCUT2D eigenvalue weighted by Gasteiger charge is -2.20. The minimum absolute atomic E-state index is 1.02. The van der Waals surface area contributed by atoms with Crippen molar-refractivity contribution < 1.29 is 0 Å². The van der Waals surface area contributed by atoms with Crippen molar-refractivity contribution in [2.75, 3.05) is 11.9 Å². The molecule has 1 nitrogen and oxygen atoms in total. The van der Waals surface area contributed by atoms with Crippen LogP contribution in [0.25, 0.3) is 0 Å². The molecule has 16 heavy (non-hydrogen) atoms. The molecule has 0 spiro atoms. The monoisotopic (exact) mass is 213 g/mol. The highest BCUT2D eigenvalue weighted by atomic mass is 15.1. The molecule has 1 aromatic rings. The molecule has 0 saturated carbocycles. The fraction of sp³-hybridized carbons (Fsp3) is 0.200. The molecular formula is C15H19N. The van der Waals surface area contributed by atoms with Crippen molar-refractivity contribution in [3.05, 3.63) is 66.9 Å². The summed E-state index contributed by atoms with van der Waals surface area (Å²) in [5, 5.41) is 0. The second-order valence-electron chi connectivity index (χ2n) is 3.53. The first kappa shape index (κ1) is 12.3. The van der Waals surface area contributed by atoms with E-state index in [0.717, 1.165) is 6.42 Å². The lowest BCUT2D eigenvalue weighted by Crippen LogP contribution is -2.14. The fourth-order valence-corrected chi connectivity index (χ4v) is 1.49. The van der Waals surface area contributed by atoms with E-state index in [-0.39, 0.29) is 0 Å². The topological polar surface area (TPSA) is 3.24 Å². The summed E-state index contributed by atoms with van der Waals surface area (Å²) in [6, 6.07) is 10.3. The molecule has 0 radical (unpaired) electrons. The van der Waals surface area contributed by atoms with Gasteiger partial charge in [0.25, 0.3) is 0 Å². The molecule has 0 bridgehead atoms. The van der Waals surface area contributed by atoms with Crippen LogP contribution in [0.4, 0.5) is 5.69 Å². The molecule has 0 aliphatic carbocycles. The molecular weight excluding hydrogens is 194 g/mol. The van der Waals surface area contributed by atoms with Gasteiger partial charge in [-0.3, -0.25) is 0 Å². The van der Waals surface area contributed by atoms with Crippen LogP contribution >= 0.6 is 0 Å². The van der Waals surface area contributed by atoms with E-state index in [4.69, 9.17) is 0 Å². The standard InChI is InChI=1S/C15H19N/c1-4-6-11-14(10-5-2)16(3)15-12-8-7-9-13-15/h4,6-13H,1,5H2,2-3H3/b11-6-,14-10+. The van der Waals surface area contributed by atoms with Crippen LogP contribution in [0.2, 0.25) is 0 Å². The van der Waals surface area contributed by atoms with Crippen LogP contribution in [0.3, 0.4) is 0 Å². The van der Waals surface area contributed by atoms with Crippen LogP contribution in [0.5, 0.6) is 0 Å². The molecule has 1 rings (SSSR count). The average molecular weight is 213 g/mol. The van der Waals surface area contributed by atoms with E-state index in [2.05, 4.69) is 49.7 Å². The van der Waals surface area contributed by atoms with Gasteiger partial charge in [-0.05, 0) is 24.6 Å². The van der Waals surface area contributed by atoms with E-state index in [1.165, 1.54) is 11.4 Å². The summed E-state index contributed by atoms with van der Waals surface area (Å²) in [6.45, 7) is 5.83. The smallest absolute Gasteiger partial charge is 0.0407 e. The average Bonchev–Trinajstić information content (AvgIpc) is 2.35. The van der Waals surface area contributed by atoms with Gasteiger partial charge in [-0.2, -0.15) is 0 Å². The van der Waals surface area contributed by atoms with Crippen LogP contribution in [0.15, 0.2) is 66.9 Å². The predicted octanol–water partition coefficient (Wildman–Crippen LogP) is 4.16. The zero-order valence-corrected chi connectivity index (χ0v) is 10.1. The summed E-state index contributed by atoms with van der Waals surface area (Å²) >= 11 is 0. The zero-order chi connectivity index (χ0) is 11.8. The summed E-state index contributed by atoms with van der Waals surface area (Å²) in [6.07, 6.45) is 9.05. The van der Waals surface area contributed by atoms with Gasteiger partial charge in [0.2, 0.25) is 0 Å². The molecule has 0 fully saturated rings. The number of hydrogen-bond donors (Lipinski definition) is 0. The Labute approximate surface area is 98.4 Å².